The molecule has 0 heterocycles. The fourth-order valence-electron chi connectivity index (χ4n) is 3.19. The van der Waals surface area contributed by atoms with Crippen LogP contribution in [0.15, 0.2) is 0 Å². The van der Waals surface area contributed by atoms with Crippen molar-refractivity contribution < 1.29 is 0 Å². The average Bonchev–Trinajstić information content (AvgIpc) is 2.33. The van der Waals surface area contributed by atoms with Gasteiger partial charge >= 0.3 is 0 Å². The van der Waals surface area contributed by atoms with Crippen LogP contribution < -0.4 is 0 Å². The first-order valence-corrected chi connectivity index (χ1v) is 9.92. The van der Waals surface area contributed by atoms with E-state index in [0.717, 1.165) is 5.92 Å². The van der Waals surface area contributed by atoms with Crippen molar-refractivity contribution in [1.82, 2.24) is 0 Å². The molecule has 1 rings (SSSR count). The van der Waals surface area contributed by atoms with Crippen LogP contribution in [0.5, 0.6) is 0 Å². The minimum absolute atomic E-state index is 0.504. The lowest BCUT2D eigenvalue weighted by Gasteiger charge is -2.36. The number of hydrogen-bond acceptors (Lipinski definition) is 0. The van der Waals surface area contributed by atoms with Gasteiger partial charge in [0, 0.05) is 0 Å². The van der Waals surface area contributed by atoms with Crippen LogP contribution in [0.1, 0.15) is 72.1 Å². The molecule has 0 aromatic heterocycles. The lowest BCUT2D eigenvalue weighted by molar-refractivity contribution is 0.378. The van der Waals surface area contributed by atoms with E-state index in [1.165, 1.54) is 57.4 Å². The van der Waals surface area contributed by atoms with Gasteiger partial charge in [-0.2, -0.15) is 11.1 Å². The van der Waals surface area contributed by atoms with Gasteiger partial charge in [0.15, 0.2) is 8.11 Å². The zero-order valence-electron chi connectivity index (χ0n) is 11.3. The smallest absolute Gasteiger partial charge is 0.168 e. The highest BCUT2D eigenvalue weighted by Gasteiger charge is 2.36. The highest BCUT2D eigenvalue weighted by atomic mass is 35.6. The first-order valence-electron chi connectivity index (χ1n) is 7.20. The third-order valence-electron chi connectivity index (χ3n) is 4.80. The van der Waals surface area contributed by atoms with Gasteiger partial charge in [0.25, 0.3) is 0 Å². The second kappa shape index (κ2) is 7.06. The highest BCUT2D eigenvalue weighted by Crippen LogP contribution is 2.46. The predicted molar refractivity (Wildman–Crippen MR) is 76.6 cm³/mol. The molecule has 0 aliphatic heterocycles. The van der Waals surface area contributed by atoms with E-state index >= 15 is 0 Å². The Morgan fingerprint density at radius 3 is 1.94 bits per heavy atom. The van der Waals surface area contributed by atoms with E-state index in [-0.39, 0.29) is 0 Å². The predicted octanol–water partition coefficient (Wildman–Crippen LogP) is 5.77. The van der Waals surface area contributed by atoms with E-state index in [9.17, 15) is 0 Å². The Kier molecular flexibility index (Phi) is 6.42. The minimum Gasteiger partial charge on any atom is -0.168 e. The number of halogens is 1. The third-order valence-corrected chi connectivity index (χ3v) is 9.61. The molecular weight excluding hydrogens is 232 g/mol. The molecule has 1 fully saturated rings. The number of rotatable bonds is 6. The highest BCUT2D eigenvalue weighted by molar-refractivity contribution is 7.08. The lowest BCUT2D eigenvalue weighted by atomic mass is 9.91. The molecule has 0 bridgehead atoms. The molecule has 0 N–H and O–H groups in total. The monoisotopic (exact) mass is 259 g/mol. The standard InChI is InChI=1S/C14H28ClSi/c1-4-14(5-2,6-3)16(15)12-13-10-8-7-9-11-13/h13H,4-12H2,1-3H3. The van der Waals surface area contributed by atoms with E-state index in [2.05, 4.69) is 20.8 Å². The molecule has 0 aromatic carbocycles. The van der Waals surface area contributed by atoms with Crippen LogP contribution in [0.3, 0.4) is 0 Å². The molecule has 16 heavy (non-hydrogen) atoms. The van der Waals surface area contributed by atoms with E-state index in [1.807, 2.05) is 0 Å². The van der Waals surface area contributed by atoms with Crippen molar-refractivity contribution in [3.8, 4) is 0 Å². The molecule has 0 saturated heterocycles. The summed E-state index contributed by atoms with van der Waals surface area (Å²) in [7, 11) is -0.667. The molecule has 0 spiro atoms. The maximum Gasteiger partial charge on any atom is 0.172 e. The van der Waals surface area contributed by atoms with Gasteiger partial charge in [0.2, 0.25) is 0 Å². The number of hydrogen-bond donors (Lipinski definition) is 0. The molecule has 95 valence electrons. The van der Waals surface area contributed by atoms with Crippen molar-refractivity contribution >= 4 is 19.2 Å². The summed E-state index contributed by atoms with van der Waals surface area (Å²) in [4.78, 5) is 0. The lowest BCUT2D eigenvalue weighted by Crippen LogP contribution is -2.29. The minimum atomic E-state index is -0.667. The van der Waals surface area contributed by atoms with Crippen LogP contribution in [0.2, 0.25) is 11.1 Å². The molecule has 1 saturated carbocycles. The zero-order valence-corrected chi connectivity index (χ0v) is 13.1. The van der Waals surface area contributed by atoms with Gasteiger partial charge in [-0.25, -0.2) is 0 Å². The van der Waals surface area contributed by atoms with E-state index in [1.54, 1.807) is 0 Å². The van der Waals surface area contributed by atoms with Crippen molar-refractivity contribution in [2.75, 3.05) is 0 Å². The van der Waals surface area contributed by atoms with Crippen LogP contribution in [-0.2, 0) is 0 Å². The van der Waals surface area contributed by atoms with Gasteiger partial charge < -0.3 is 0 Å². The average molecular weight is 260 g/mol. The summed E-state index contributed by atoms with van der Waals surface area (Å²) in [5, 5.41) is 0.504. The first kappa shape index (κ1) is 14.6. The molecule has 0 aromatic rings. The summed E-state index contributed by atoms with van der Waals surface area (Å²) >= 11 is 6.84. The molecule has 0 amide bonds. The maximum absolute atomic E-state index is 6.84. The topological polar surface area (TPSA) is 0 Å². The Bertz CT molecular complexity index is 175. The fraction of sp³-hybridized carbons (Fsp3) is 1.00. The van der Waals surface area contributed by atoms with Crippen molar-refractivity contribution in [3.05, 3.63) is 0 Å². The van der Waals surface area contributed by atoms with Crippen molar-refractivity contribution in [1.29, 1.82) is 0 Å². The van der Waals surface area contributed by atoms with Crippen LogP contribution in [0.4, 0.5) is 0 Å². The SMILES string of the molecule is CCC(CC)(CC)[Si](Cl)CC1CCCCC1. The van der Waals surface area contributed by atoms with Gasteiger partial charge in [-0.05, 0) is 17.0 Å². The molecule has 2 heteroatoms. The summed E-state index contributed by atoms with van der Waals surface area (Å²) in [6, 6.07) is 1.36. The van der Waals surface area contributed by atoms with Crippen molar-refractivity contribution in [3.63, 3.8) is 0 Å². The summed E-state index contributed by atoms with van der Waals surface area (Å²) in [5.41, 5.74) is 0. The second-order valence-corrected chi connectivity index (χ2v) is 9.10. The van der Waals surface area contributed by atoms with Gasteiger partial charge in [-0.15, -0.1) is 0 Å². The van der Waals surface area contributed by atoms with Gasteiger partial charge in [-0.3, -0.25) is 0 Å². The van der Waals surface area contributed by atoms with E-state index in [4.69, 9.17) is 11.1 Å². The van der Waals surface area contributed by atoms with Crippen LogP contribution in [0.25, 0.3) is 0 Å². The molecular formula is C14H28ClSi. The normalized spacial score (nSPS) is 19.3. The Balaban J connectivity index is 2.50. The maximum atomic E-state index is 6.84. The van der Waals surface area contributed by atoms with Gasteiger partial charge in [0.05, 0.1) is 0 Å². The Labute approximate surface area is 108 Å². The van der Waals surface area contributed by atoms with Gasteiger partial charge in [-0.1, -0.05) is 72.1 Å². The van der Waals surface area contributed by atoms with Crippen LogP contribution in [-0.4, -0.2) is 8.11 Å². The summed E-state index contributed by atoms with van der Waals surface area (Å²) in [5.74, 6) is 0.962. The largest absolute Gasteiger partial charge is 0.172 e. The summed E-state index contributed by atoms with van der Waals surface area (Å²) in [6.07, 6.45) is 11.1. The Morgan fingerprint density at radius 2 is 1.50 bits per heavy atom. The van der Waals surface area contributed by atoms with E-state index < -0.39 is 8.11 Å². The fourth-order valence-corrected chi connectivity index (χ4v) is 7.54. The van der Waals surface area contributed by atoms with E-state index in [0.29, 0.717) is 5.04 Å². The summed E-state index contributed by atoms with van der Waals surface area (Å²) < 4.78 is 0. The molecule has 1 aliphatic carbocycles. The van der Waals surface area contributed by atoms with Crippen molar-refractivity contribution in [2.45, 2.75) is 83.2 Å². The summed E-state index contributed by atoms with van der Waals surface area (Å²) in [6.45, 7) is 7.00. The van der Waals surface area contributed by atoms with Crippen molar-refractivity contribution in [2.24, 2.45) is 5.92 Å². The second-order valence-electron chi connectivity index (χ2n) is 5.45. The first-order chi connectivity index (χ1) is 7.68. The molecule has 0 nitrogen and oxygen atoms in total. The molecule has 1 aliphatic rings. The molecule has 0 unspecified atom stereocenters. The molecule has 0 atom stereocenters. The van der Waals surface area contributed by atoms with Gasteiger partial charge in [0.1, 0.15) is 0 Å². The zero-order chi connectivity index (χ0) is 12.0. The Morgan fingerprint density at radius 1 is 1.00 bits per heavy atom. The third kappa shape index (κ3) is 3.50. The van der Waals surface area contributed by atoms with Crippen LogP contribution >= 0.6 is 11.1 Å². The Hall–Kier alpha value is 0.507. The quantitative estimate of drug-likeness (QED) is 0.420. The van der Waals surface area contributed by atoms with Crippen LogP contribution in [0, 0.1) is 5.92 Å². The molecule has 1 radical (unpaired) electrons.